The highest BCUT2D eigenvalue weighted by molar-refractivity contribution is 7.84. The van der Waals surface area contributed by atoms with E-state index < -0.39 is 41.7 Å². The van der Waals surface area contributed by atoms with Crippen LogP contribution in [0.3, 0.4) is 0 Å². The van der Waals surface area contributed by atoms with E-state index >= 15 is 0 Å². The van der Waals surface area contributed by atoms with Crippen molar-refractivity contribution in [2.75, 3.05) is 19.4 Å². The van der Waals surface area contributed by atoms with E-state index in [2.05, 4.69) is 0 Å². The maximum Gasteiger partial charge on any atom is 0.405 e. The van der Waals surface area contributed by atoms with Crippen molar-refractivity contribution in [3.8, 4) is 0 Å². The Bertz CT molecular complexity index is 388. The lowest BCUT2D eigenvalue weighted by Crippen LogP contribution is -2.49. The predicted octanol–water partition coefficient (Wildman–Crippen LogP) is 3.24. The van der Waals surface area contributed by atoms with E-state index in [0.717, 1.165) is 0 Å². The molecule has 0 aliphatic rings. The molecule has 0 aliphatic heterocycles. The Hall–Kier alpha value is 0.0500. The van der Waals surface area contributed by atoms with Crippen LogP contribution in [0.25, 0.3) is 0 Å². The van der Waals surface area contributed by atoms with Gasteiger partial charge in [0.25, 0.3) is 0 Å². The van der Waals surface area contributed by atoms with Crippen LogP contribution in [-0.4, -0.2) is 40.5 Å². The first-order valence-electron chi connectivity index (χ1n) is 6.48. The van der Waals surface area contributed by atoms with Crippen molar-refractivity contribution in [2.24, 2.45) is 0 Å². The molecule has 0 bridgehead atoms. The van der Waals surface area contributed by atoms with Gasteiger partial charge in [0, 0.05) is 0 Å². The SMILES string of the molecule is CCOP(=O)(C[C@H](N[S@@](=O)C(C)(C)C)C(F)(F)F)OCC. The van der Waals surface area contributed by atoms with Gasteiger partial charge in [-0.3, -0.25) is 4.57 Å². The Morgan fingerprint density at radius 3 is 1.86 bits per heavy atom. The van der Waals surface area contributed by atoms with Crippen LogP contribution >= 0.6 is 7.60 Å². The van der Waals surface area contributed by atoms with Crippen LogP contribution in [0.2, 0.25) is 0 Å². The van der Waals surface area contributed by atoms with E-state index in [1.165, 1.54) is 34.6 Å². The summed E-state index contributed by atoms with van der Waals surface area (Å²) in [6.45, 7) is 7.55. The fourth-order valence-corrected chi connectivity index (χ4v) is 4.04. The van der Waals surface area contributed by atoms with Gasteiger partial charge in [0.2, 0.25) is 0 Å². The summed E-state index contributed by atoms with van der Waals surface area (Å²) in [5.41, 5.74) is 0. The van der Waals surface area contributed by atoms with Crippen molar-refractivity contribution in [3.05, 3.63) is 0 Å². The zero-order valence-corrected chi connectivity index (χ0v) is 14.5. The summed E-state index contributed by atoms with van der Waals surface area (Å²) in [4.78, 5) is 0. The molecule has 1 N–H and O–H groups in total. The second-order valence-electron chi connectivity index (χ2n) is 5.22. The first-order valence-corrected chi connectivity index (χ1v) is 9.36. The molecular formula is C11H23F3NO4PS. The summed E-state index contributed by atoms with van der Waals surface area (Å²) >= 11 is 0. The average Bonchev–Trinajstić information content (AvgIpc) is 2.25. The molecule has 0 aromatic rings. The van der Waals surface area contributed by atoms with Gasteiger partial charge in [-0.1, -0.05) is 0 Å². The molecule has 0 spiro atoms. The third-order valence-corrected chi connectivity index (χ3v) is 5.98. The monoisotopic (exact) mass is 353 g/mol. The zero-order valence-electron chi connectivity index (χ0n) is 12.8. The normalized spacial score (nSPS) is 16.8. The topological polar surface area (TPSA) is 64.6 Å². The molecule has 0 aromatic carbocycles. The maximum atomic E-state index is 13.1. The fourth-order valence-electron chi connectivity index (χ4n) is 1.27. The van der Waals surface area contributed by atoms with Gasteiger partial charge >= 0.3 is 13.8 Å². The van der Waals surface area contributed by atoms with E-state index in [0.29, 0.717) is 0 Å². The predicted molar refractivity (Wildman–Crippen MR) is 76.6 cm³/mol. The summed E-state index contributed by atoms with van der Waals surface area (Å²) < 4.78 is 74.0. The maximum absolute atomic E-state index is 13.1. The van der Waals surface area contributed by atoms with Gasteiger partial charge < -0.3 is 9.05 Å². The molecule has 0 aliphatic carbocycles. The van der Waals surface area contributed by atoms with Crippen LogP contribution in [0.15, 0.2) is 0 Å². The third-order valence-electron chi connectivity index (χ3n) is 2.26. The molecular weight excluding hydrogens is 330 g/mol. The van der Waals surface area contributed by atoms with E-state index in [1.807, 2.05) is 4.72 Å². The Morgan fingerprint density at radius 2 is 1.57 bits per heavy atom. The molecule has 0 radical (unpaired) electrons. The third kappa shape index (κ3) is 7.74. The zero-order chi connectivity index (χ0) is 16.9. The van der Waals surface area contributed by atoms with Crippen LogP contribution < -0.4 is 4.72 Å². The second kappa shape index (κ2) is 8.06. The van der Waals surface area contributed by atoms with Gasteiger partial charge in [-0.25, -0.2) is 8.93 Å². The van der Waals surface area contributed by atoms with E-state index in [-0.39, 0.29) is 13.2 Å². The van der Waals surface area contributed by atoms with Crippen LogP contribution in [0, 0.1) is 0 Å². The summed E-state index contributed by atoms with van der Waals surface area (Å²) in [6.07, 6.45) is -5.63. The molecule has 2 atom stereocenters. The smallest absolute Gasteiger partial charge is 0.309 e. The first kappa shape index (κ1) is 21.0. The lowest BCUT2D eigenvalue weighted by atomic mass is 10.3. The largest absolute Gasteiger partial charge is 0.405 e. The lowest BCUT2D eigenvalue weighted by molar-refractivity contribution is -0.146. The molecule has 0 aromatic heterocycles. The van der Waals surface area contributed by atoms with Gasteiger partial charge in [0.05, 0.1) is 35.1 Å². The Kier molecular flexibility index (Phi) is 8.08. The molecule has 0 heterocycles. The van der Waals surface area contributed by atoms with Gasteiger partial charge in [0.15, 0.2) is 0 Å². The van der Waals surface area contributed by atoms with Crippen molar-refractivity contribution >= 4 is 18.6 Å². The first-order chi connectivity index (χ1) is 9.35. The van der Waals surface area contributed by atoms with E-state index in [9.17, 15) is 21.9 Å². The Balaban J connectivity index is 5.18. The Labute approximate surface area is 126 Å². The summed E-state index contributed by atoms with van der Waals surface area (Å²) in [7, 11) is -5.86. The number of halogens is 3. The van der Waals surface area contributed by atoms with Gasteiger partial charge in [-0.15, -0.1) is 0 Å². The van der Waals surface area contributed by atoms with Crippen molar-refractivity contribution < 1.29 is 31.0 Å². The van der Waals surface area contributed by atoms with Crippen molar-refractivity contribution in [3.63, 3.8) is 0 Å². The van der Waals surface area contributed by atoms with Crippen LogP contribution in [-0.2, 0) is 24.6 Å². The number of rotatable bonds is 8. The fraction of sp³-hybridized carbons (Fsp3) is 1.00. The van der Waals surface area contributed by atoms with E-state index in [4.69, 9.17) is 9.05 Å². The average molecular weight is 353 g/mol. The highest BCUT2D eigenvalue weighted by Crippen LogP contribution is 2.50. The van der Waals surface area contributed by atoms with Crippen molar-refractivity contribution in [1.29, 1.82) is 0 Å². The Morgan fingerprint density at radius 1 is 1.14 bits per heavy atom. The quantitative estimate of drug-likeness (QED) is 0.681. The van der Waals surface area contributed by atoms with Crippen molar-refractivity contribution in [2.45, 2.75) is 51.6 Å². The van der Waals surface area contributed by atoms with Crippen molar-refractivity contribution in [1.82, 2.24) is 4.72 Å². The molecule has 5 nitrogen and oxygen atoms in total. The number of hydrogen-bond donors (Lipinski definition) is 1. The minimum Gasteiger partial charge on any atom is -0.309 e. The van der Waals surface area contributed by atoms with Crippen LogP contribution in [0.4, 0.5) is 13.2 Å². The molecule has 128 valence electrons. The molecule has 10 heteroatoms. The standard InChI is InChI=1S/C11H23F3NO4PS/c1-6-18-20(16,19-7-2)8-9(11(12,13)14)15-21(17)10(3,4)5/h9,15H,6-8H2,1-5H3/t9-,21-/m0/s1. The van der Waals surface area contributed by atoms with Crippen LogP contribution in [0.5, 0.6) is 0 Å². The minimum atomic E-state index is -4.72. The van der Waals surface area contributed by atoms with Gasteiger partial charge in [-0.05, 0) is 34.6 Å². The summed E-state index contributed by atoms with van der Waals surface area (Å²) in [5, 5.41) is 0. The highest BCUT2D eigenvalue weighted by atomic mass is 32.2. The molecule has 0 saturated carbocycles. The molecule has 0 amide bonds. The second-order valence-corrected chi connectivity index (χ2v) is 9.32. The summed E-state index contributed by atoms with van der Waals surface area (Å²) in [5.74, 6) is 0. The number of alkyl halides is 3. The van der Waals surface area contributed by atoms with Crippen LogP contribution in [0.1, 0.15) is 34.6 Å². The van der Waals surface area contributed by atoms with E-state index in [1.54, 1.807) is 0 Å². The van der Waals surface area contributed by atoms with Gasteiger partial charge in [0.1, 0.15) is 6.04 Å². The molecule has 0 rings (SSSR count). The molecule has 0 unspecified atom stereocenters. The molecule has 0 fully saturated rings. The number of nitrogens with one attached hydrogen (secondary N) is 1. The minimum absolute atomic E-state index is 0.0375. The highest BCUT2D eigenvalue weighted by Gasteiger charge is 2.46. The van der Waals surface area contributed by atoms with Gasteiger partial charge in [-0.2, -0.15) is 13.2 Å². The lowest BCUT2D eigenvalue weighted by Gasteiger charge is -2.28. The molecule has 0 saturated heterocycles. The number of hydrogen-bond acceptors (Lipinski definition) is 4. The molecule has 21 heavy (non-hydrogen) atoms. The summed E-state index contributed by atoms with van der Waals surface area (Å²) in [6, 6.07) is -2.23.